The first kappa shape index (κ1) is 18.2. The van der Waals surface area contributed by atoms with Gasteiger partial charge in [-0.15, -0.1) is 0 Å². The molecule has 92 valence electrons. The summed E-state index contributed by atoms with van der Waals surface area (Å²) in [6.07, 6.45) is -2.29. The van der Waals surface area contributed by atoms with Crippen LogP contribution in [0.4, 0.5) is 0 Å². The van der Waals surface area contributed by atoms with E-state index in [0.29, 0.717) is 0 Å². The van der Waals surface area contributed by atoms with Crippen molar-refractivity contribution in [3.05, 3.63) is 0 Å². The Bertz CT molecular complexity index is 254. The molecule has 0 amide bonds. The van der Waals surface area contributed by atoms with Gasteiger partial charge >= 0.3 is 56.3 Å². The van der Waals surface area contributed by atoms with E-state index >= 15 is 0 Å². The van der Waals surface area contributed by atoms with Crippen LogP contribution in [0.2, 0.25) is 0 Å². The van der Waals surface area contributed by atoms with Crippen LogP contribution in [0.5, 0.6) is 0 Å². The fraction of sp³-hybridized carbons (Fsp3) is 0.500. The van der Waals surface area contributed by atoms with E-state index in [1.807, 2.05) is 0 Å². The van der Waals surface area contributed by atoms with Gasteiger partial charge in [-0.3, -0.25) is 9.59 Å². The average molecular weight is 470 g/mol. The second-order valence-corrected chi connectivity index (χ2v) is 8.12. The van der Waals surface area contributed by atoms with E-state index in [9.17, 15) is 14.4 Å². The first-order chi connectivity index (χ1) is 7.19. The molecule has 0 unspecified atom stereocenters. The summed E-state index contributed by atoms with van der Waals surface area (Å²) < 4.78 is 0. The normalized spacial score (nSPS) is 9.94. The van der Waals surface area contributed by atoms with Gasteiger partial charge in [-0.1, -0.05) is 0 Å². The molecule has 0 saturated carbocycles. The number of aliphatic carboxylic acids is 3. The number of halogens is 2. The predicted octanol–water partition coefficient (Wildman–Crippen LogP) is -0.250. The predicted molar refractivity (Wildman–Crippen MR) is 54.6 cm³/mol. The molecule has 0 aliphatic rings. The Hall–Kier alpha value is -0.128. The van der Waals surface area contributed by atoms with Crippen molar-refractivity contribution in [2.75, 3.05) is 0 Å². The number of hydrogen-bond acceptors (Lipinski definition) is 4. The van der Waals surface area contributed by atoms with Gasteiger partial charge in [0, 0.05) is 0 Å². The van der Waals surface area contributed by atoms with Gasteiger partial charge < -0.3 is 20.4 Å². The Balaban J connectivity index is 0. The molecule has 0 saturated heterocycles. The molecule has 0 aromatic rings. The molecule has 2 radical (unpaired) electrons. The molecular weight excluding hydrogens is 462 g/mol. The third-order valence-corrected chi connectivity index (χ3v) is 1.29. The first-order valence-electron chi connectivity index (χ1n) is 3.55. The third-order valence-electron chi connectivity index (χ3n) is 1.29. The monoisotopic (exact) mass is 470 g/mol. The van der Waals surface area contributed by atoms with Gasteiger partial charge in [0.2, 0.25) is 0 Å². The zero-order valence-electron chi connectivity index (χ0n) is 7.68. The molecule has 0 aliphatic carbocycles. The maximum atomic E-state index is 10.3. The molecule has 0 atom stereocenters. The van der Waals surface area contributed by atoms with E-state index in [4.69, 9.17) is 37.1 Å². The van der Waals surface area contributed by atoms with Crippen molar-refractivity contribution in [2.45, 2.75) is 18.4 Å². The van der Waals surface area contributed by atoms with Crippen LogP contribution < -0.4 is 0 Å². The summed E-state index contributed by atoms with van der Waals surface area (Å²) in [5, 5.41) is 33.8. The Morgan fingerprint density at radius 2 is 1.25 bits per heavy atom. The summed E-state index contributed by atoms with van der Waals surface area (Å²) in [7, 11) is 9.92. The third kappa shape index (κ3) is 9.12. The SMILES string of the molecule is O=C(O)CC(O)(CC(=O)O)C(=O)O.[Cl][Pb][Cl]. The maximum absolute atomic E-state index is 10.3. The van der Waals surface area contributed by atoms with Crippen molar-refractivity contribution in [3.8, 4) is 0 Å². The molecule has 0 heterocycles. The number of hydrogen-bond donors (Lipinski definition) is 4. The van der Waals surface area contributed by atoms with Crippen molar-refractivity contribution in [1.82, 2.24) is 0 Å². The number of carbonyl (C=O) groups is 3. The molecule has 0 spiro atoms. The fourth-order valence-electron chi connectivity index (χ4n) is 0.714. The zero-order chi connectivity index (χ0) is 13.4. The molecule has 4 N–H and O–H groups in total. The Morgan fingerprint density at radius 1 is 1.00 bits per heavy atom. The molecule has 0 rings (SSSR count). The minimum absolute atomic E-state index is 0.972. The van der Waals surface area contributed by atoms with Crippen LogP contribution in [0.3, 0.4) is 0 Å². The number of carboxylic acid groups (broad SMARTS) is 3. The molecule has 10 heteroatoms. The van der Waals surface area contributed by atoms with Gasteiger partial charge in [0.1, 0.15) is 0 Å². The Morgan fingerprint density at radius 3 is 1.38 bits per heavy atom. The Labute approximate surface area is 109 Å². The van der Waals surface area contributed by atoms with E-state index in [2.05, 4.69) is 0 Å². The van der Waals surface area contributed by atoms with Gasteiger partial charge in [-0.25, -0.2) is 4.79 Å². The van der Waals surface area contributed by atoms with Crippen molar-refractivity contribution in [2.24, 2.45) is 0 Å². The number of aliphatic hydroxyl groups is 1. The molecule has 0 aliphatic heterocycles. The van der Waals surface area contributed by atoms with Gasteiger partial charge in [0.25, 0.3) is 0 Å². The van der Waals surface area contributed by atoms with Crippen LogP contribution >= 0.6 is 16.6 Å². The quantitative estimate of drug-likeness (QED) is 0.408. The van der Waals surface area contributed by atoms with Crippen LogP contribution in [-0.2, 0) is 14.4 Å². The molecule has 7 nitrogen and oxygen atoms in total. The van der Waals surface area contributed by atoms with Crippen molar-refractivity contribution < 1.29 is 34.8 Å². The van der Waals surface area contributed by atoms with Crippen LogP contribution in [0, 0.1) is 0 Å². The molecule has 0 bridgehead atoms. The summed E-state index contributed by atoms with van der Waals surface area (Å²) in [6, 6.07) is 0. The van der Waals surface area contributed by atoms with E-state index in [-0.39, 0.29) is 0 Å². The van der Waals surface area contributed by atoms with Crippen LogP contribution in [0.1, 0.15) is 12.8 Å². The second kappa shape index (κ2) is 8.96. The van der Waals surface area contributed by atoms with Gasteiger partial charge in [0.05, 0.1) is 12.8 Å². The summed E-state index contributed by atoms with van der Waals surface area (Å²) in [4.78, 5) is 30.5. The van der Waals surface area contributed by atoms with Crippen molar-refractivity contribution in [3.63, 3.8) is 0 Å². The zero-order valence-corrected chi connectivity index (χ0v) is 13.1. The second-order valence-electron chi connectivity index (χ2n) is 2.55. The van der Waals surface area contributed by atoms with E-state index in [1.54, 1.807) is 0 Å². The summed E-state index contributed by atoms with van der Waals surface area (Å²) >= 11 is -0.972. The van der Waals surface area contributed by atoms with Crippen LogP contribution in [-0.4, -0.2) is 65.7 Å². The minimum atomic E-state index is -2.74. The first-order valence-corrected chi connectivity index (χ1v) is 13.1. The van der Waals surface area contributed by atoms with E-state index in [0.717, 1.165) is 0 Å². The van der Waals surface area contributed by atoms with Gasteiger partial charge in [-0.05, 0) is 0 Å². The van der Waals surface area contributed by atoms with Crippen molar-refractivity contribution >= 4 is 56.3 Å². The summed E-state index contributed by atoms with van der Waals surface area (Å²) in [5.41, 5.74) is -2.74. The molecular formula is C6H8Cl2O7Pb. The van der Waals surface area contributed by atoms with Crippen LogP contribution in [0.25, 0.3) is 0 Å². The molecule has 0 aromatic heterocycles. The van der Waals surface area contributed by atoms with Gasteiger partial charge in [-0.2, -0.15) is 0 Å². The summed E-state index contributed by atoms with van der Waals surface area (Å²) in [6.45, 7) is 0. The topological polar surface area (TPSA) is 132 Å². The molecule has 16 heavy (non-hydrogen) atoms. The van der Waals surface area contributed by atoms with E-state index in [1.165, 1.54) is 0 Å². The summed E-state index contributed by atoms with van der Waals surface area (Å²) in [5.74, 6) is -5.02. The molecule has 0 aromatic carbocycles. The number of carboxylic acids is 3. The molecule has 0 fully saturated rings. The van der Waals surface area contributed by atoms with E-state index < -0.39 is 58.1 Å². The average Bonchev–Trinajstić information content (AvgIpc) is 2.01. The van der Waals surface area contributed by atoms with Crippen molar-refractivity contribution in [1.29, 1.82) is 0 Å². The fourth-order valence-corrected chi connectivity index (χ4v) is 0.714. The standard InChI is InChI=1S/C6H8O7.2ClH.Pb/c7-3(8)1-6(13,5(11)12)2-4(9)10;;;/h13H,1-2H2,(H,7,8)(H,9,10)(H,11,12);2*1H;/q;;;+2/p-2. The number of rotatable bonds is 5. The Kier molecular flexibility index (Phi) is 10.2. The van der Waals surface area contributed by atoms with Gasteiger partial charge in [0.15, 0.2) is 5.60 Å². The van der Waals surface area contributed by atoms with Crippen LogP contribution in [0.15, 0.2) is 0 Å².